The van der Waals surface area contributed by atoms with E-state index in [0.717, 1.165) is 5.57 Å². The van der Waals surface area contributed by atoms with E-state index < -0.39 is 0 Å². The Kier molecular flexibility index (Phi) is 1.17. The molecular formula is C11H14O2. The summed E-state index contributed by atoms with van der Waals surface area (Å²) in [6.07, 6.45) is 3.74. The van der Waals surface area contributed by atoms with Crippen molar-refractivity contribution in [3.8, 4) is 0 Å². The van der Waals surface area contributed by atoms with Crippen LogP contribution in [0.2, 0.25) is 0 Å². The van der Waals surface area contributed by atoms with Gasteiger partial charge in [-0.25, -0.2) is 4.79 Å². The van der Waals surface area contributed by atoms with E-state index in [1.807, 2.05) is 0 Å². The topological polar surface area (TPSA) is 26.3 Å². The Balaban J connectivity index is 2.08. The van der Waals surface area contributed by atoms with Crippen molar-refractivity contribution < 1.29 is 9.53 Å². The van der Waals surface area contributed by atoms with Crippen LogP contribution in [0.5, 0.6) is 0 Å². The number of hydrogen-bond acceptors (Lipinski definition) is 2. The van der Waals surface area contributed by atoms with Gasteiger partial charge in [-0.2, -0.15) is 0 Å². The van der Waals surface area contributed by atoms with E-state index in [4.69, 9.17) is 4.74 Å². The van der Waals surface area contributed by atoms with Crippen LogP contribution in [0, 0.1) is 17.8 Å². The van der Waals surface area contributed by atoms with Crippen molar-refractivity contribution in [3.63, 3.8) is 0 Å². The van der Waals surface area contributed by atoms with E-state index in [-0.39, 0.29) is 11.6 Å². The van der Waals surface area contributed by atoms with Gasteiger partial charge in [0.25, 0.3) is 0 Å². The van der Waals surface area contributed by atoms with Gasteiger partial charge >= 0.3 is 5.97 Å². The molecule has 1 heterocycles. The highest BCUT2D eigenvalue weighted by molar-refractivity contribution is 5.91. The fraction of sp³-hybridized carbons (Fsp3) is 0.727. The summed E-state index contributed by atoms with van der Waals surface area (Å²) in [5.74, 6) is 1.46. The highest BCUT2D eigenvalue weighted by atomic mass is 16.6. The zero-order valence-electron chi connectivity index (χ0n) is 7.88. The summed E-state index contributed by atoms with van der Waals surface area (Å²) in [5, 5.41) is 0. The fourth-order valence-corrected chi connectivity index (χ4v) is 3.73. The van der Waals surface area contributed by atoms with E-state index in [2.05, 4.69) is 13.5 Å². The molecule has 13 heavy (non-hydrogen) atoms. The predicted molar refractivity (Wildman–Crippen MR) is 48.0 cm³/mol. The molecule has 0 radical (unpaired) electrons. The highest BCUT2D eigenvalue weighted by Crippen LogP contribution is 2.61. The van der Waals surface area contributed by atoms with Crippen LogP contribution >= 0.6 is 0 Å². The summed E-state index contributed by atoms with van der Waals surface area (Å²) in [6.45, 7) is 5.96. The number of fused-ring (bicyclic) bond motifs is 5. The zero-order valence-corrected chi connectivity index (χ0v) is 7.88. The maximum Gasteiger partial charge on any atom is 0.334 e. The molecule has 0 aromatic carbocycles. The Labute approximate surface area is 78.0 Å². The van der Waals surface area contributed by atoms with E-state index in [0.29, 0.717) is 17.8 Å². The van der Waals surface area contributed by atoms with Gasteiger partial charge in [0.05, 0.1) is 0 Å². The maximum atomic E-state index is 11.4. The molecule has 3 rings (SSSR count). The van der Waals surface area contributed by atoms with Crippen molar-refractivity contribution in [2.24, 2.45) is 17.8 Å². The van der Waals surface area contributed by atoms with Gasteiger partial charge in [-0.15, -0.1) is 0 Å². The van der Waals surface area contributed by atoms with E-state index in [9.17, 15) is 4.79 Å². The Hall–Kier alpha value is -0.790. The Morgan fingerprint density at radius 3 is 3.00 bits per heavy atom. The van der Waals surface area contributed by atoms with Crippen molar-refractivity contribution in [2.75, 3.05) is 0 Å². The molecule has 0 aromatic rings. The van der Waals surface area contributed by atoms with Gasteiger partial charge in [0.2, 0.25) is 0 Å². The van der Waals surface area contributed by atoms with Crippen molar-refractivity contribution >= 4 is 5.97 Å². The van der Waals surface area contributed by atoms with E-state index >= 15 is 0 Å². The summed E-state index contributed by atoms with van der Waals surface area (Å²) in [6, 6.07) is 0. The van der Waals surface area contributed by atoms with Crippen LogP contribution < -0.4 is 0 Å². The minimum atomic E-state index is -0.183. The molecule has 2 aliphatic carbocycles. The van der Waals surface area contributed by atoms with Gasteiger partial charge in [-0.3, -0.25) is 0 Å². The Morgan fingerprint density at radius 2 is 2.31 bits per heavy atom. The van der Waals surface area contributed by atoms with Gasteiger partial charge in [0, 0.05) is 11.5 Å². The summed E-state index contributed by atoms with van der Waals surface area (Å²) in [7, 11) is 0. The smallest absolute Gasteiger partial charge is 0.334 e. The molecule has 0 aromatic heterocycles. The van der Waals surface area contributed by atoms with Crippen molar-refractivity contribution in [3.05, 3.63) is 12.2 Å². The summed E-state index contributed by atoms with van der Waals surface area (Å²) < 4.78 is 5.48. The predicted octanol–water partition coefficient (Wildman–Crippen LogP) is 1.90. The van der Waals surface area contributed by atoms with Crippen LogP contribution in [-0.2, 0) is 9.53 Å². The Bertz CT molecular complexity index is 307. The lowest BCUT2D eigenvalue weighted by Crippen LogP contribution is -2.37. The Morgan fingerprint density at radius 1 is 1.54 bits per heavy atom. The first kappa shape index (κ1) is 7.60. The highest BCUT2D eigenvalue weighted by Gasteiger charge is 2.63. The summed E-state index contributed by atoms with van der Waals surface area (Å²) in [4.78, 5) is 11.4. The standard InChI is InChI=1S/C11H14O2/c1-6-9-7-3-4-8(5-7)11(9,2)13-10(6)12/h7-9H,1,3-5H2,2H3/t7-,8-,9-,11-/m0/s1. The van der Waals surface area contributed by atoms with Crippen LogP contribution in [0.25, 0.3) is 0 Å². The minimum absolute atomic E-state index is 0.149. The monoisotopic (exact) mass is 178 g/mol. The number of rotatable bonds is 0. The molecule has 3 fully saturated rings. The fourth-order valence-electron chi connectivity index (χ4n) is 3.73. The first-order valence-corrected chi connectivity index (χ1v) is 5.05. The normalized spacial score (nSPS) is 52.5. The summed E-state index contributed by atoms with van der Waals surface area (Å²) >= 11 is 0. The van der Waals surface area contributed by atoms with Gasteiger partial charge in [-0.05, 0) is 38.0 Å². The van der Waals surface area contributed by atoms with Crippen LogP contribution in [0.15, 0.2) is 12.2 Å². The number of carbonyl (C=O) groups excluding carboxylic acids is 1. The number of esters is 1. The van der Waals surface area contributed by atoms with Crippen molar-refractivity contribution in [2.45, 2.75) is 31.8 Å². The van der Waals surface area contributed by atoms with Gasteiger partial charge < -0.3 is 4.74 Å². The second kappa shape index (κ2) is 1.99. The molecule has 3 aliphatic rings. The van der Waals surface area contributed by atoms with Gasteiger partial charge in [0.15, 0.2) is 0 Å². The molecule has 1 saturated heterocycles. The van der Waals surface area contributed by atoms with Crippen molar-refractivity contribution in [1.29, 1.82) is 0 Å². The largest absolute Gasteiger partial charge is 0.455 e. The average Bonchev–Trinajstić information content (AvgIpc) is 2.65. The lowest BCUT2D eigenvalue weighted by molar-refractivity contribution is -0.150. The quantitative estimate of drug-likeness (QED) is 0.418. The van der Waals surface area contributed by atoms with Gasteiger partial charge in [0.1, 0.15) is 5.60 Å². The van der Waals surface area contributed by atoms with Crippen molar-refractivity contribution in [1.82, 2.24) is 0 Å². The molecule has 0 amide bonds. The first-order valence-electron chi connectivity index (χ1n) is 5.05. The van der Waals surface area contributed by atoms with E-state index in [1.165, 1.54) is 19.3 Å². The third-order valence-corrected chi connectivity index (χ3v) is 4.32. The molecule has 2 heteroatoms. The molecule has 2 nitrogen and oxygen atoms in total. The molecule has 70 valence electrons. The average molecular weight is 178 g/mol. The molecule has 0 N–H and O–H groups in total. The molecule has 0 spiro atoms. The molecule has 2 bridgehead atoms. The van der Waals surface area contributed by atoms with Crippen LogP contribution in [0.4, 0.5) is 0 Å². The SMILES string of the molecule is C=C1C(=O)O[C@@]2(C)[C@H]3CC[C@@H](C3)[C@H]12. The number of ether oxygens (including phenoxy) is 1. The maximum absolute atomic E-state index is 11.4. The van der Waals surface area contributed by atoms with E-state index in [1.54, 1.807) is 0 Å². The molecule has 1 aliphatic heterocycles. The van der Waals surface area contributed by atoms with Crippen LogP contribution in [-0.4, -0.2) is 11.6 Å². The first-order chi connectivity index (χ1) is 6.13. The second-order valence-corrected chi connectivity index (χ2v) is 4.85. The van der Waals surface area contributed by atoms with Crippen LogP contribution in [0.3, 0.4) is 0 Å². The summed E-state index contributed by atoms with van der Waals surface area (Å²) in [5.41, 5.74) is 0.548. The molecule has 2 saturated carbocycles. The molecule has 0 unspecified atom stereocenters. The zero-order chi connectivity index (χ0) is 9.22. The second-order valence-electron chi connectivity index (χ2n) is 4.85. The molecule has 4 atom stereocenters. The molecular weight excluding hydrogens is 164 g/mol. The third kappa shape index (κ3) is 0.687. The van der Waals surface area contributed by atoms with Gasteiger partial charge in [-0.1, -0.05) is 6.58 Å². The number of carbonyl (C=O) groups is 1. The lowest BCUT2D eigenvalue weighted by Gasteiger charge is -2.33. The minimum Gasteiger partial charge on any atom is -0.455 e. The third-order valence-electron chi connectivity index (χ3n) is 4.32. The number of hydrogen-bond donors (Lipinski definition) is 0. The van der Waals surface area contributed by atoms with Crippen LogP contribution in [0.1, 0.15) is 26.2 Å². The lowest BCUT2D eigenvalue weighted by atomic mass is 9.75.